The number of fused-ring (bicyclic) bond motifs is 2. The minimum absolute atomic E-state index is 0.954. The van der Waals surface area contributed by atoms with Crippen molar-refractivity contribution in [2.75, 3.05) is 6.54 Å². The molecular weight excluding hydrogens is 172 g/mol. The van der Waals surface area contributed by atoms with Crippen molar-refractivity contribution >= 4 is 5.70 Å². The Balaban J connectivity index is 2.46. The zero-order valence-electron chi connectivity index (χ0n) is 7.72. The lowest BCUT2D eigenvalue weighted by Gasteiger charge is -2.12. The van der Waals surface area contributed by atoms with Gasteiger partial charge in [0.15, 0.2) is 0 Å². The number of rotatable bonds is 0. The van der Waals surface area contributed by atoms with Gasteiger partial charge >= 0.3 is 0 Å². The molecule has 0 radical (unpaired) electrons. The van der Waals surface area contributed by atoms with Crippen LogP contribution in [0.3, 0.4) is 0 Å². The van der Waals surface area contributed by atoms with Crippen LogP contribution in [0.5, 0.6) is 0 Å². The second kappa shape index (κ2) is 2.84. The zero-order chi connectivity index (χ0) is 9.38. The van der Waals surface area contributed by atoms with Crippen LogP contribution in [0, 0.1) is 0 Å². The van der Waals surface area contributed by atoms with Crippen molar-refractivity contribution in [1.29, 1.82) is 0 Å². The van der Waals surface area contributed by atoms with E-state index in [4.69, 9.17) is 0 Å². The third-order valence-corrected chi connectivity index (χ3v) is 2.53. The van der Waals surface area contributed by atoms with Gasteiger partial charge in [0.05, 0.1) is 11.1 Å². The predicted molar refractivity (Wildman–Crippen MR) is 55.6 cm³/mol. The summed E-state index contributed by atoms with van der Waals surface area (Å²) in [4.78, 5) is 6.60. The van der Waals surface area contributed by atoms with Crippen molar-refractivity contribution in [2.45, 2.75) is 0 Å². The van der Waals surface area contributed by atoms with E-state index in [1.165, 1.54) is 10.9 Å². The fraction of sp³-hybridized carbons (Fsp3) is 0.0833. The number of para-hydroxylation sites is 1. The van der Waals surface area contributed by atoms with Gasteiger partial charge in [-0.05, 0) is 12.1 Å². The highest BCUT2D eigenvalue weighted by molar-refractivity contribution is 5.59. The highest BCUT2D eigenvalue weighted by Crippen LogP contribution is 2.13. The predicted octanol–water partition coefficient (Wildman–Crippen LogP) is 0.771. The first kappa shape index (κ1) is 7.56. The van der Waals surface area contributed by atoms with E-state index in [1.807, 2.05) is 24.5 Å². The van der Waals surface area contributed by atoms with Crippen molar-refractivity contribution in [3.63, 3.8) is 0 Å². The standard InChI is InChI=1S/C12H10N2/c1-2-5-11-10(4-1)12-6-3-8-14(12)9-7-13-11/h1-7,9H,8H2. The molecule has 1 aromatic carbocycles. The molecule has 2 heteroatoms. The molecule has 2 nitrogen and oxygen atoms in total. The molecule has 2 aliphatic rings. The van der Waals surface area contributed by atoms with E-state index in [1.54, 1.807) is 0 Å². The lowest BCUT2D eigenvalue weighted by Crippen LogP contribution is -2.28. The summed E-state index contributed by atoms with van der Waals surface area (Å²) >= 11 is 0. The van der Waals surface area contributed by atoms with Crippen LogP contribution in [0.1, 0.15) is 0 Å². The SMILES string of the molecule is C1=CC2=c3ccccc3=NC=CN2C1. The Morgan fingerprint density at radius 2 is 2.14 bits per heavy atom. The topological polar surface area (TPSA) is 15.6 Å². The van der Waals surface area contributed by atoms with Crippen LogP contribution in [0.15, 0.2) is 53.8 Å². The molecule has 0 aliphatic carbocycles. The van der Waals surface area contributed by atoms with Crippen LogP contribution in [0.25, 0.3) is 5.70 Å². The monoisotopic (exact) mass is 182 g/mol. The molecule has 0 saturated heterocycles. The van der Waals surface area contributed by atoms with Gasteiger partial charge in [-0.2, -0.15) is 0 Å². The fourth-order valence-corrected chi connectivity index (χ4v) is 1.85. The van der Waals surface area contributed by atoms with Crippen LogP contribution in [0.2, 0.25) is 0 Å². The van der Waals surface area contributed by atoms with Crippen LogP contribution in [0.4, 0.5) is 0 Å². The van der Waals surface area contributed by atoms with E-state index < -0.39 is 0 Å². The average molecular weight is 182 g/mol. The average Bonchev–Trinajstić information content (AvgIpc) is 2.61. The first-order valence-corrected chi connectivity index (χ1v) is 4.72. The molecule has 68 valence electrons. The van der Waals surface area contributed by atoms with Gasteiger partial charge in [-0.3, -0.25) is 4.99 Å². The van der Waals surface area contributed by atoms with Gasteiger partial charge in [0.25, 0.3) is 0 Å². The molecule has 0 spiro atoms. The molecular formula is C12H10N2. The summed E-state index contributed by atoms with van der Waals surface area (Å²) in [5, 5.41) is 2.26. The maximum atomic E-state index is 4.39. The smallest absolute Gasteiger partial charge is 0.0723 e. The van der Waals surface area contributed by atoms with Gasteiger partial charge in [-0.15, -0.1) is 0 Å². The quantitative estimate of drug-likeness (QED) is 0.578. The van der Waals surface area contributed by atoms with Gasteiger partial charge in [-0.25, -0.2) is 0 Å². The zero-order valence-corrected chi connectivity index (χ0v) is 7.72. The van der Waals surface area contributed by atoms with Crippen molar-refractivity contribution in [3.05, 3.63) is 59.4 Å². The van der Waals surface area contributed by atoms with E-state index in [0.717, 1.165) is 11.9 Å². The minimum atomic E-state index is 0.954. The molecule has 14 heavy (non-hydrogen) atoms. The summed E-state index contributed by atoms with van der Waals surface area (Å²) in [6.07, 6.45) is 8.21. The third kappa shape index (κ3) is 1.01. The molecule has 0 atom stereocenters. The van der Waals surface area contributed by atoms with Crippen molar-refractivity contribution in [1.82, 2.24) is 4.90 Å². The summed E-state index contributed by atoms with van der Waals surface area (Å²) in [6.45, 7) is 0.954. The maximum Gasteiger partial charge on any atom is 0.0723 e. The van der Waals surface area contributed by atoms with Crippen LogP contribution in [-0.4, -0.2) is 11.4 Å². The summed E-state index contributed by atoms with van der Waals surface area (Å²) in [7, 11) is 0. The Bertz CT molecular complexity index is 538. The van der Waals surface area contributed by atoms with E-state index >= 15 is 0 Å². The normalized spacial score (nSPS) is 17.4. The van der Waals surface area contributed by atoms with E-state index in [0.29, 0.717) is 0 Å². The van der Waals surface area contributed by atoms with E-state index in [-0.39, 0.29) is 0 Å². The van der Waals surface area contributed by atoms with Crippen molar-refractivity contribution in [2.24, 2.45) is 4.99 Å². The Morgan fingerprint density at radius 3 is 3.14 bits per heavy atom. The molecule has 0 N–H and O–H groups in total. The Hall–Kier alpha value is -1.83. The number of nitrogens with zero attached hydrogens (tertiary/aromatic N) is 2. The Kier molecular flexibility index (Phi) is 1.53. The van der Waals surface area contributed by atoms with Gasteiger partial charge in [-0.1, -0.05) is 24.3 Å². The summed E-state index contributed by atoms with van der Waals surface area (Å²) < 4.78 is 0. The molecule has 0 bridgehead atoms. The summed E-state index contributed by atoms with van der Waals surface area (Å²) in [5.74, 6) is 0. The second-order valence-electron chi connectivity index (χ2n) is 3.38. The summed E-state index contributed by atoms with van der Waals surface area (Å²) in [6, 6.07) is 8.23. The molecule has 2 aliphatic heterocycles. The highest BCUT2D eigenvalue weighted by atomic mass is 15.1. The van der Waals surface area contributed by atoms with Gasteiger partial charge in [0.1, 0.15) is 0 Å². The Morgan fingerprint density at radius 1 is 1.21 bits per heavy atom. The third-order valence-electron chi connectivity index (χ3n) is 2.53. The maximum absolute atomic E-state index is 4.39. The first-order valence-electron chi connectivity index (χ1n) is 4.72. The van der Waals surface area contributed by atoms with Crippen LogP contribution >= 0.6 is 0 Å². The van der Waals surface area contributed by atoms with Crippen LogP contribution in [-0.2, 0) is 0 Å². The lowest BCUT2D eigenvalue weighted by molar-refractivity contribution is 0.613. The van der Waals surface area contributed by atoms with E-state index in [2.05, 4.69) is 34.2 Å². The van der Waals surface area contributed by atoms with Crippen molar-refractivity contribution in [3.8, 4) is 0 Å². The number of hydrogen-bond acceptors (Lipinski definition) is 2. The number of hydrogen-bond donors (Lipinski definition) is 0. The van der Waals surface area contributed by atoms with Gasteiger partial charge < -0.3 is 4.90 Å². The van der Waals surface area contributed by atoms with E-state index in [9.17, 15) is 0 Å². The number of benzene rings is 1. The molecule has 0 amide bonds. The molecule has 0 aromatic heterocycles. The fourth-order valence-electron chi connectivity index (χ4n) is 1.85. The van der Waals surface area contributed by atoms with Gasteiger partial charge in [0.2, 0.25) is 0 Å². The molecule has 0 saturated carbocycles. The molecule has 0 unspecified atom stereocenters. The van der Waals surface area contributed by atoms with Gasteiger partial charge in [0, 0.05) is 24.2 Å². The summed E-state index contributed by atoms with van der Waals surface area (Å²) in [5.41, 5.74) is 1.25. The largest absolute Gasteiger partial charge is 0.342 e. The molecule has 3 rings (SSSR count). The lowest BCUT2D eigenvalue weighted by atomic mass is 10.2. The highest BCUT2D eigenvalue weighted by Gasteiger charge is 2.10. The molecule has 2 heterocycles. The second-order valence-corrected chi connectivity index (χ2v) is 3.38. The molecule has 1 aromatic rings. The van der Waals surface area contributed by atoms with Crippen molar-refractivity contribution < 1.29 is 0 Å². The minimum Gasteiger partial charge on any atom is -0.342 e. The molecule has 0 fully saturated rings. The Labute approximate surface area is 82.2 Å². The first-order chi connectivity index (χ1) is 6.95. The van der Waals surface area contributed by atoms with Crippen LogP contribution < -0.4 is 10.6 Å².